The molecule has 0 saturated heterocycles. The Labute approximate surface area is 54.6 Å². The first-order valence-corrected chi connectivity index (χ1v) is 2.75. The lowest BCUT2D eigenvalue weighted by molar-refractivity contribution is 0.806. The predicted molar refractivity (Wildman–Crippen MR) is 38.2 cm³/mol. The first-order chi connectivity index (χ1) is 4.20. The smallest absolute Gasteiger partial charge is 0.212 e. The summed E-state index contributed by atoms with van der Waals surface area (Å²) in [6.45, 7) is 8.55. The Morgan fingerprint density at radius 3 is 2.67 bits per heavy atom. The quantitative estimate of drug-likeness (QED) is 0.516. The van der Waals surface area contributed by atoms with Gasteiger partial charge in [0.15, 0.2) is 0 Å². The third-order valence-corrected chi connectivity index (χ3v) is 0.841. The van der Waals surface area contributed by atoms with Crippen molar-refractivity contribution in [2.45, 2.75) is 13.3 Å². The van der Waals surface area contributed by atoms with Crippen LogP contribution in [0.5, 0.6) is 0 Å². The zero-order valence-corrected chi connectivity index (χ0v) is 5.52. The Morgan fingerprint density at radius 2 is 2.33 bits per heavy atom. The van der Waals surface area contributed by atoms with E-state index in [2.05, 4.69) is 18.2 Å². The van der Waals surface area contributed by atoms with Gasteiger partial charge in [-0.05, 0) is 12.5 Å². The van der Waals surface area contributed by atoms with Crippen molar-refractivity contribution in [2.24, 2.45) is 4.99 Å². The molecule has 0 amide bonds. The molecule has 50 valence electrons. The van der Waals surface area contributed by atoms with E-state index in [9.17, 15) is 4.39 Å². The highest BCUT2D eigenvalue weighted by molar-refractivity contribution is 5.86. The van der Waals surface area contributed by atoms with Crippen LogP contribution in [0.25, 0.3) is 0 Å². The summed E-state index contributed by atoms with van der Waals surface area (Å²) in [5, 5.41) is 0. The van der Waals surface area contributed by atoms with Crippen LogP contribution in [-0.2, 0) is 0 Å². The third kappa shape index (κ3) is 3.64. The van der Waals surface area contributed by atoms with Gasteiger partial charge in [-0.1, -0.05) is 20.1 Å². The van der Waals surface area contributed by atoms with E-state index in [0.29, 0.717) is 12.1 Å². The minimum Gasteiger partial charge on any atom is -0.226 e. The number of nitrogens with zero attached hydrogens (tertiary/aromatic N) is 1. The molecule has 0 unspecified atom stereocenters. The Kier molecular flexibility index (Phi) is 3.60. The maximum atomic E-state index is 12.1. The minimum atomic E-state index is -0.568. The average Bonchev–Trinajstić information content (AvgIpc) is 1.87. The molecule has 0 bridgehead atoms. The van der Waals surface area contributed by atoms with Gasteiger partial charge < -0.3 is 0 Å². The topological polar surface area (TPSA) is 12.4 Å². The fraction of sp³-hybridized carbons (Fsp3) is 0.286. The van der Waals surface area contributed by atoms with Crippen LogP contribution in [0.2, 0.25) is 0 Å². The van der Waals surface area contributed by atoms with Crippen molar-refractivity contribution >= 4 is 5.97 Å². The van der Waals surface area contributed by atoms with Crippen LogP contribution in [0.1, 0.15) is 13.3 Å². The van der Waals surface area contributed by atoms with Crippen LogP contribution < -0.4 is 0 Å². The first-order valence-electron chi connectivity index (χ1n) is 2.75. The summed E-state index contributed by atoms with van der Waals surface area (Å²) in [6.07, 6.45) is 1.72. The number of rotatable bonds is 3. The molecule has 2 heteroatoms. The van der Waals surface area contributed by atoms with Crippen molar-refractivity contribution in [3.05, 3.63) is 24.9 Å². The molecule has 0 aliphatic carbocycles. The van der Waals surface area contributed by atoms with Gasteiger partial charge in [0.05, 0.1) is 0 Å². The number of hydrogen-bond donors (Lipinski definition) is 0. The van der Waals surface area contributed by atoms with E-state index in [1.807, 2.05) is 6.92 Å². The lowest BCUT2D eigenvalue weighted by Crippen LogP contribution is -1.81. The number of halogens is 1. The number of hydrogen-bond acceptors (Lipinski definition) is 1. The third-order valence-electron chi connectivity index (χ3n) is 0.841. The van der Waals surface area contributed by atoms with E-state index in [1.54, 1.807) is 0 Å². The van der Waals surface area contributed by atoms with E-state index < -0.39 is 5.97 Å². The molecule has 0 aromatic rings. The van der Waals surface area contributed by atoms with Gasteiger partial charge in [0.2, 0.25) is 5.97 Å². The standard InChI is InChI=1S/C7H10FN/c1-4-6(3)9-7(8)5-2/h5H,2-4H2,1H3. The molecule has 0 heterocycles. The molecular weight excluding hydrogens is 117 g/mol. The van der Waals surface area contributed by atoms with E-state index in [0.717, 1.165) is 6.08 Å². The Hall–Kier alpha value is -0.920. The summed E-state index contributed by atoms with van der Waals surface area (Å²) in [4.78, 5) is 3.45. The normalized spacial score (nSPS) is 11.1. The van der Waals surface area contributed by atoms with Crippen molar-refractivity contribution in [1.29, 1.82) is 0 Å². The van der Waals surface area contributed by atoms with Gasteiger partial charge in [-0.3, -0.25) is 0 Å². The molecule has 0 aliphatic rings. The summed E-state index contributed by atoms with van der Waals surface area (Å²) in [5.74, 6) is -0.568. The van der Waals surface area contributed by atoms with Crippen LogP contribution in [0.4, 0.5) is 4.39 Å². The molecule has 0 rings (SSSR count). The Bertz CT molecular complexity index is 147. The second kappa shape index (κ2) is 4.01. The fourth-order valence-electron chi connectivity index (χ4n) is 0.276. The van der Waals surface area contributed by atoms with Gasteiger partial charge in [-0.15, -0.1) is 0 Å². The molecule has 0 aromatic heterocycles. The molecule has 9 heavy (non-hydrogen) atoms. The van der Waals surface area contributed by atoms with E-state index in [4.69, 9.17) is 0 Å². The first kappa shape index (κ1) is 8.08. The van der Waals surface area contributed by atoms with Gasteiger partial charge in [0.25, 0.3) is 0 Å². The molecular formula is C7H10FN. The SMILES string of the molecule is C=CC(F)=NC(=C)CC. The highest BCUT2D eigenvalue weighted by Gasteiger charge is 1.87. The van der Waals surface area contributed by atoms with Crippen molar-refractivity contribution in [3.63, 3.8) is 0 Å². The van der Waals surface area contributed by atoms with Gasteiger partial charge >= 0.3 is 0 Å². The van der Waals surface area contributed by atoms with Crippen molar-refractivity contribution in [3.8, 4) is 0 Å². The number of aliphatic imine (C=N–C) groups is 1. The largest absolute Gasteiger partial charge is 0.226 e. The van der Waals surface area contributed by atoms with E-state index in [1.165, 1.54) is 0 Å². The van der Waals surface area contributed by atoms with Crippen LogP contribution >= 0.6 is 0 Å². The molecule has 0 fully saturated rings. The van der Waals surface area contributed by atoms with Gasteiger partial charge in [0.1, 0.15) is 0 Å². The van der Waals surface area contributed by atoms with Crippen LogP contribution in [0.3, 0.4) is 0 Å². The van der Waals surface area contributed by atoms with Crippen molar-refractivity contribution in [2.75, 3.05) is 0 Å². The summed E-state index contributed by atoms with van der Waals surface area (Å²) in [6, 6.07) is 0. The molecule has 0 spiro atoms. The minimum absolute atomic E-state index is 0.535. The van der Waals surface area contributed by atoms with Gasteiger partial charge in [-0.25, -0.2) is 4.99 Å². The second-order valence-electron chi connectivity index (χ2n) is 1.56. The molecule has 0 atom stereocenters. The zero-order valence-electron chi connectivity index (χ0n) is 5.52. The van der Waals surface area contributed by atoms with Gasteiger partial charge in [-0.2, -0.15) is 4.39 Å². The van der Waals surface area contributed by atoms with Crippen LogP contribution in [-0.4, -0.2) is 5.97 Å². The summed E-state index contributed by atoms with van der Waals surface area (Å²) in [5.41, 5.74) is 0.535. The maximum Gasteiger partial charge on any atom is 0.212 e. The Balaban J connectivity index is 3.94. The maximum absolute atomic E-state index is 12.1. The summed E-state index contributed by atoms with van der Waals surface area (Å²) >= 11 is 0. The Morgan fingerprint density at radius 1 is 1.78 bits per heavy atom. The monoisotopic (exact) mass is 127 g/mol. The van der Waals surface area contributed by atoms with Crippen molar-refractivity contribution in [1.82, 2.24) is 0 Å². The van der Waals surface area contributed by atoms with Crippen LogP contribution in [0, 0.1) is 0 Å². The lowest BCUT2D eigenvalue weighted by atomic mass is 10.4. The van der Waals surface area contributed by atoms with Crippen molar-refractivity contribution < 1.29 is 4.39 Å². The summed E-state index contributed by atoms with van der Waals surface area (Å²) < 4.78 is 12.1. The highest BCUT2D eigenvalue weighted by atomic mass is 19.1. The van der Waals surface area contributed by atoms with E-state index >= 15 is 0 Å². The van der Waals surface area contributed by atoms with Gasteiger partial charge in [0, 0.05) is 5.70 Å². The molecule has 0 N–H and O–H groups in total. The highest BCUT2D eigenvalue weighted by Crippen LogP contribution is 1.99. The lowest BCUT2D eigenvalue weighted by Gasteiger charge is -1.89. The predicted octanol–water partition coefficient (Wildman–Crippen LogP) is 2.46. The zero-order chi connectivity index (χ0) is 7.28. The molecule has 0 aliphatic heterocycles. The average molecular weight is 127 g/mol. The molecule has 0 radical (unpaired) electrons. The van der Waals surface area contributed by atoms with Crippen LogP contribution in [0.15, 0.2) is 29.9 Å². The summed E-state index contributed by atoms with van der Waals surface area (Å²) in [7, 11) is 0. The number of allylic oxidation sites excluding steroid dienone is 2. The fourth-order valence-corrected chi connectivity index (χ4v) is 0.276. The molecule has 0 aromatic carbocycles. The second-order valence-corrected chi connectivity index (χ2v) is 1.56. The molecule has 0 saturated carbocycles. The van der Waals surface area contributed by atoms with E-state index in [-0.39, 0.29) is 0 Å². The molecule has 1 nitrogen and oxygen atoms in total.